The lowest BCUT2D eigenvalue weighted by Crippen LogP contribution is -2.24. The third kappa shape index (κ3) is 1.65. The van der Waals surface area contributed by atoms with Gasteiger partial charge in [0.05, 0.1) is 0 Å². The van der Waals surface area contributed by atoms with Gasteiger partial charge in [0, 0.05) is 9.04 Å². The van der Waals surface area contributed by atoms with Crippen LogP contribution in [0.25, 0.3) is 0 Å². The van der Waals surface area contributed by atoms with Crippen molar-refractivity contribution < 1.29 is 0 Å². The van der Waals surface area contributed by atoms with Crippen molar-refractivity contribution in [3.8, 4) is 0 Å². The topological polar surface area (TPSA) is 0 Å². The SMILES string of the molecule is Cc1c(C)c(C)c([SiH2][SiH3])c(C)c1C. The van der Waals surface area contributed by atoms with Crippen LogP contribution in [0.15, 0.2) is 0 Å². The van der Waals surface area contributed by atoms with Crippen LogP contribution in [-0.2, 0) is 0 Å². The van der Waals surface area contributed by atoms with Gasteiger partial charge in [-0.2, -0.15) is 0 Å². The Morgan fingerprint density at radius 2 is 1.00 bits per heavy atom. The molecule has 1 aromatic rings. The Kier molecular flexibility index (Phi) is 3.14. The highest BCUT2D eigenvalue weighted by atomic mass is 29.1. The predicted molar refractivity (Wildman–Crippen MR) is 68.2 cm³/mol. The van der Waals surface area contributed by atoms with Crippen LogP contribution in [0.2, 0.25) is 0 Å². The Labute approximate surface area is 86.8 Å². The second-order valence-corrected chi connectivity index (χ2v) is 7.49. The number of hydrogen-bond donors (Lipinski definition) is 0. The summed E-state index contributed by atoms with van der Waals surface area (Å²) in [6.45, 7) is 11.4. The van der Waals surface area contributed by atoms with Gasteiger partial charge in [0.25, 0.3) is 0 Å². The van der Waals surface area contributed by atoms with Gasteiger partial charge in [0.1, 0.15) is 0 Å². The first-order valence-corrected chi connectivity index (χ1v) is 11.4. The fourth-order valence-electron chi connectivity index (χ4n) is 2.11. The van der Waals surface area contributed by atoms with Crippen LogP contribution >= 0.6 is 0 Å². The monoisotopic (exact) mass is 208 g/mol. The highest BCUT2D eigenvalue weighted by Crippen LogP contribution is 2.18. The molecule has 0 atom stereocenters. The van der Waals surface area contributed by atoms with E-state index < -0.39 is 0 Å². The summed E-state index contributed by atoms with van der Waals surface area (Å²) < 4.78 is 0. The van der Waals surface area contributed by atoms with E-state index in [9.17, 15) is 0 Å². The Bertz CT molecular complexity index is 311. The van der Waals surface area contributed by atoms with E-state index in [0.29, 0.717) is 0 Å². The van der Waals surface area contributed by atoms with Crippen molar-refractivity contribution in [2.24, 2.45) is 0 Å². The maximum Gasteiger partial charge on any atom is 0.0391 e. The first kappa shape index (κ1) is 10.7. The van der Waals surface area contributed by atoms with Gasteiger partial charge in [-0.05, 0) is 72.2 Å². The molecule has 72 valence electrons. The molecule has 0 aliphatic carbocycles. The smallest absolute Gasteiger partial charge is 0.0391 e. The molecule has 0 aliphatic rings. The van der Waals surface area contributed by atoms with Crippen molar-refractivity contribution in [1.82, 2.24) is 0 Å². The zero-order chi connectivity index (χ0) is 10.2. The van der Waals surface area contributed by atoms with E-state index in [1.54, 1.807) is 16.3 Å². The first-order chi connectivity index (χ1) is 6.00. The summed E-state index contributed by atoms with van der Waals surface area (Å²) in [5.41, 5.74) is 7.73. The Morgan fingerprint density at radius 1 is 0.692 bits per heavy atom. The second-order valence-electron chi connectivity index (χ2n) is 3.96. The molecule has 0 aromatic heterocycles. The normalized spacial score (nSPS) is 11.8. The molecule has 0 fully saturated rings. The number of benzene rings is 1. The molecule has 0 nitrogen and oxygen atoms in total. The lowest BCUT2D eigenvalue weighted by molar-refractivity contribution is 1.20. The van der Waals surface area contributed by atoms with E-state index in [1.807, 2.05) is 0 Å². The summed E-state index contributed by atoms with van der Waals surface area (Å²) in [5, 5.41) is 1.74. The largest absolute Gasteiger partial charge is 0.0642 e. The van der Waals surface area contributed by atoms with Crippen molar-refractivity contribution >= 4 is 24.0 Å². The average molecular weight is 208 g/mol. The van der Waals surface area contributed by atoms with Crippen molar-refractivity contribution in [3.63, 3.8) is 0 Å². The number of rotatable bonds is 1. The lowest BCUT2D eigenvalue weighted by Gasteiger charge is -2.17. The minimum atomic E-state index is 0.114. The van der Waals surface area contributed by atoms with Crippen molar-refractivity contribution in [2.75, 3.05) is 0 Å². The van der Waals surface area contributed by atoms with E-state index in [0.717, 1.165) is 0 Å². The molecule has 13 heavy (non-hydrogen) atoms. The maximum atomic E-state index is 2.30. The third-order valence-electron chi connectivity index (χ3n) is 3.51. The molecule has 0 amide bonds. The van der Waals surface area contributed by atoms with E-state index in [2.05, 4.69) is 34.6 Å². The fourth-order valence-corrected chi connectivity index (χ4v) is 6.88. The second kappa shape index (κ2) is 3.80. The third-order valence-corrected chi connectivity index (χ3v) is 7.40. The summed E-state index contributed by atoms with van der Waals surface area (Å²) in [6, 6.07) is 0. The molecule has 1 aromatic carbocycles. The van der Waals surface area contributed by atoms with Crippen LogP contribution < -0.4 is 5.19 Å². The van der Waals surface area contributed by atoms with Crippen LogP contribution in [0.3, 0.4) is 0 Å². The van der Waals surface area contributed by atoms with Crippen LogP contribution in [0.4, 0.5) is 0 Å². The molecule has 0 unspecified atom stereocenters. The molecular formula is C11H20Si2. The van der Waals surface area contributed by atoms with Crippen LogP contribution in [0, 0.1) is 34.6 Å². The van der Waals surface area contributed by atoms with Crippen LogP contribution in [0.5, 0.6) is 0 Å². The molecule has 1 rings (SSSR count). The van der Waals surface area contributed by atoms with Gasteiger partial charge in [-0.15, -0.1) is 0 Å². The Hall–Kier alpha value is -0.346. The summed E-state index contributed by atoms with van der Waals surface area (Å²) in [5.74, 6) is 0. The Balaban J connectivity index is 3.56. The molecule has 0 aliphatic heterocycles. The van der Waals surface area contributed by atoms with Gasteiger partial charge in [0.2, 0.25) is 0 Å². The van der Waals surface area contributed by atoms with E-state index in [4.69, 9.17) is 0 Å². The van der Waals surface area contributed by atoms with Gasteiger partial charge >= 0.3 is 0 Å². The molecule has 0 radical (unpaired) electrons. The number of hydrogen-bond acceptors (Lipinski definition) is 0. The van der Waals surface area contributed by atoms with Crippen molar-refractivity contribution in [2.45, 2.75) is 34.6 Å². The molecule has 0 saturated heterocycles. The molecule has 0 spiro atoms. The zero-order valence-corrected chi connectivity index (χ0v) is 13.1. The first-order valence-electron chi connectivity index (χ1n) is 5.06. The van der Waals surface area contributed by atoms with Crippen LogP contribution in [0.1, 0.15) is 27.8 Å². The highest BCUT2D eigenvalue weighted by molar-refractivity contribution is 6.98. The van der Waals surface area contributed by atoms with E-state index in [1.165, 1.54) is 26.5 Å². The fraction of sp³-hybridized carbons (Fsp3) is 0.455. The molecule has 0 N–H and O–H groups in total. The van der Waals surface area contributed by atoms with Gasteiger partial charge in [0.15, 0.2) is 0 Å². The van der Waals surface area contributed by atoms with Gasteiger partial charge in [-0.1, -0.05) is 5.19 Å². The quantitative estimate of drug-likeness (QED) is 0.583. The highest BCUT2D eigenvalue weighted by Gasteiger charge is 2.09. The lowest BCUT2D eigenvalue weighted by atomic mass is 9.95. The summed E-state index contributed by atoms with van der Waals surface area (Å²) in [6.07, 6.45) is 0. The zero-order valence-electron chi connectivity index (χ0n) is 9.71. The van der Waals surface area contributed by atoms with Gasteiger partial charge in [-0.25, -0.2) is 0 Å². The van der Waals surface area contributed by atoms with E-state index in [-0.39, 0.29) is 9.04 Å². The van der Waals surface area contributed by atoms with Crippen LogP contribution in [-0.4, -0.2) is 18.8 Å². The molecule has 0 heterocycles. The molecule has 2 heteroatoms. The van der Waals surface area contributed by atoms with E-state index >= 15 is 0 Å². The Morgan fingerprint density at radius 3 is 1.31 bits per heavy atom. The summed E-state index contributed by atoms with van der Waals surface area (Å²) >= 11 is 0. The molecular weight excluding hydrogens is 188 g/mol. The van der Waals surface area contributed by atoms with Crippen molar-refractivity contribution in [1.29, 1.82) is 0 Å². The molecule has 0 saturated carbocycles. The van der Waals surface area contributed by atoms with Gasteiger partial charge in [-0.3, -0.25) is 0 Å². The van der Waals surface area contributed by atoms with Gasteiger partial charge < -0.3 is 0 Å². The predicted octanol–water partition coefficient (Wildman–Crippen LogP) is 0.303. The standard InChI is InChI=1S/C11H20Si2/c1-6-7(2)9(4)11(13-12)10(5)8(6)3/h13H2,1-5,12H3. The minimum absolute atomic E-state index is 0.114. The molecule has 0 bridgehead atoms. The maximum absolute atomic E-state index is 2.30. The van der Waals surface area contributed by atoms with Crippen molar-refractivity contribution in [3.05, 3.63) is 27.8 Å². The summed E-state index contributed by atoms with van der Waals surface area (Å²) in [4.78, 5) is 0. The summed E-state index contributed by atoms with van der Waals surface area (Å²) in [7, 11) is 1.52. The minimum Gasteiger partial charge on any atom is -0.0642 e. The average Bonchev–Trinajstić information content (AvgIpc) is 2.13.